The Morgan fingerprint density at radius 1 is 1.34 bits per heavy atom. The van der Waals surface area contributed by atoms with Crippen LogP contribution in [0.1, 0.15) is 30.3 Å². The molecule has 3 aromatic rings. The molecule has 0 radical (unpaired) electrons. The van der Waals surface area contributed by atoms with Crippen LogP contribution in [0.3, 0.4) is 0 Å². The average molecular weight is 427 g/mol. The Labute approximate surface area is 174 Å². The zero-order valence-corrected chi connectivity index (χ0v) is 17.4. The second-order valence-corrected chi connectivity index (χ2v) is 8.40. The molecule has 4 rings (SSSR count). The molecular weight excluding hydrogens is 408 g/mol. The summed E-state index contributed by atoms with van der Waals surface area (Å²) in [5, 5.41) is 11.6. The number of benzene rings is 1. The second-order valence-electron chi connectivity index (χ2n) is 6.41. The van der Waals surface area contributed by atoms with Crippen molar-refractivity contribution >= 4 is 34.7 Å². The van der Waals surface area contributed by atoms with E-state index in [1.54, 1.807) is 42.7 Å². The fourth-order valence-electron chi connectivity index (χ4n) is 3.27. The number of ether oxygens (including phenoxy) is 1. The van der Waals surface area contributed by atoms with E-state index in [0.717, 1.165) is 4.88 Å². The number of allylic oxidation sites excluding steroid dienone is 1. The quantitative estimate of drug-likeness (QED) is 0.650. The molecule has 0 fully saturated rings. The van der Waals surface area contributed by atoms with E-state index in [1.165, 1.54) is 22.7 Å². The molecule has 1 aliphatic heterocycles. The standard InChI is InChI=1S/C21H18N2O4S2/c1-3-27-20(26)17-12(2)22-21-23(18(17)15-8-5-9-28-15)19(25)16(29-21)11-13-6-4-7-14(24)10-13/h4-11,18,24H,3H2,1-2H3/b16-11-/t18-/m0/s1. The molecule has 0 saturated carbocycles. The van der Waals surface area contributed by atoms with Crippen LogP contribution in [0.5, 0.6) is 5.75 Å². The van der Waals surface area contributed by atoms with Crippen molar-refractivity contribution in [2.24, 2.45) is 4.99 Å². The largest absolute Gasteiger partial charge is 0.508 e. The molecule has 0 bridgehead atoms. The number of thiophene rings is 1. The van der Waals surface area contributed by atoms with Gasteiger partial charge in [-0.15, -0.1) is 11.3 Å². The van der Waals surface area contributed by atoms with Crippen LogP contribution in [-0.4, -0.2) is 22.2 Å². The molecule has 6 nitrogen and oxygen atoms in total. The van der Waals surface area contributed by atoms with Crippen LogP contribution >= 0.6 is 22.7 Å². The lowest BCUT2D eigenvalue weighted by Gasteiger charge is -2.23. The average Bonchev–Trinajstić information content (AvgIpc) is 3.30. The van der Waals surface area contributed by atoms with Gasteiger partial charge < -0.3 is 9.84 Å². The van der Waals surface area contributed by atoms with E-state index in [9.17, 15) is 14.7 Å². The molecule has 148 valence electrons. The van der Waals surface area contributed by atoms with Crippen LogP contribution in [-0.2, 0) is 9.53 Å². The van der Waals surface area contributed by atoms with Gasteiger partial charge in [-0.25, -0.2) is 9.79 Å². The number of carbonyl (C=O) groups excluding carboxylic acids is 1. The topological polar surface area (TPSA) is 80.9 Å². The molecule has 0 saturated heterocycles. The molecule has 8 heteroatoms. The van der Waals surface area contributed by atoms with Crippen LogP contribution in [0.15, 0.2) is 62.8 Å². The van der Waals surface area contributed by atoms with Crippen molar-refractivity contribution in [3.05, 3.63) is 83.2 Å². The van der Waals surface area contributed by atoms with E-state index in [4.69, 9.17) is 4.74 Å². The monoisotopic (exact) mass is 426 g/mol. The van der Waals surface area contributed by atoms with Gasteiger partial charge >= 0.3 is 5.97 Å². The number of thiazole rings is 1. The van der Waals surface area contributed by atoms with Gasteiger partial charge in [0.1, 0.15) is 11.8 Å². The summed E-state index contributed by atoms with van der Waals surface area (Å²) in [7, 11) is 0. The Balaban J connectivity index is 1.94. The fraction of sp³-hybridized carbons (Fsp3) is 0.190. The Bertz CT molecular complexity index is 1280. The summed E-state index contributed by atoms with van der Waals surface area (Å²) in [5.41, 5.74) is 1.41. The molecule has 3 heterocycles. The zero-order chi connectivity index (χ0) is 20.5. The molecule has 0 amide bonds. The van der Waals surface area contributed by atoms with Crippen molar-refractivity contribution < 1.29 is 14.6 Å². The highest BCUT2D eigenvalue weighted by Crippen LogP contribution is 2.33. The molecule has 1 atom stereocenters. The Kier molecular flexibility index (Phi) is 5.21. The summed E-state index contributed by atoms with van der Waals surface area (Å²) in [6.07, 6.45) is 1.72. The number of rotatable bonds is 4. The number of hydrogen-bond acceptors (Lipinski definition) is 7. The molecule has 1 N–H and O–H groups in total. The Morgan fingerprint density at radius 2 is 2.17 bits per heavy atom. The summed E-state index contributed by atoms with van der Waals surface area (Å²) in [4.78, 5) is 31.9. The number of phenolic OH excluding ortho intramolecular Hbond substituents is 1. The van der Waals surface area contributed by atoms with Crippen molar-refractivity contribution in [2.45, 2.75) is 19.9 Å². The predicted molar refractivity (Wildman–Crippen MR) is 113 cm³/mol. The first-order valence-corrected chi connectivity index (χ1v) is 10.7. The predicted octanol–water partition coefficient (Wildman–Crippen LogP) is 2.57. The number of hydrogen-bond donors (Lipinski definition) is 1. The fourth-order valence-corrected chi connectivity index (χ4v) is 5.14. The number of phenols is 1. The van der Waals surface area contributed by atoms with Gasteiger partial charge in [-0.1, -0.05) is 29.5 Å². The number of aromatic hydroxyl groups is 1. The lowest BCUT2D eigenvalue weighted by molar-refractivity contribution is -0.139. The summed E-state index contributed by atoms with van der Waals surface area (Å²) < 4.78 is 7.29. The van der Waals surface area contributed by atoms with Gasteiger partial charge in [-0.3, -0.25) is 9.36 Å². The molecule has 0 unspecified atom stereocenters. The second kappa shape index (κ2) is 7.81. The van der Waals surface area contributed by atoms with Crippen molar-refractivity contribution in [1.82, 2.24) is 4.57 Å². The highest BCUT2D eigenvalue weighted by molar-refractivity contribution is 7.10. The van der Waals surface area contributed by atoms with E-state index in [2.05, 4.69) is 4.99 Å². The van der Waals surface area contributed by atoms with E-state index in [0.29, 0.717) is 26.2 Å². The molecule has 0 spiro atoms. The minimum atomic E-state index is -0.573. The molecule has 29 heavy (non-hydrogen) atoms. The normalized spacial score (nSPS) is 16.5. The lowest BCUT2D eigenvalue weighted by atomic mass is 10.0. The van der Waals surface area contributed by atoms with E-state index >= 15 is 0 Å². The first kappa shape index (κ1) is 19.4. The summed E-state index contributed by atoms with van der Waals surface area (Å²) in [6, 6.07) is 9.91. The van der Waals surface area contributed by atoms with Crippen molar-refractivity contribution in [3.63, 3.8) is 0 Å². The van der Waals surface area contributed by atoms with Gasteiger partial charge in [-0.2, -0.15) is 0 Å². The maximum absolute atomic E-state index is 13.3. The van der Waals surface area contributed by atoms with E-state index in [-0.39, 0.29) is 17.9 Å². The zero-order valence-electron chi connectivity index (χ0n) is 15.8. The summed E-state index contributed by atoms with van der Waals surface area (Å²) in [6.45, 7) is 3.76. The minimum absolute atomic E-state index is 0.128. The maximum Gasteiger partial charge on any atom is 0.338 e. The van der Waals surface area contributed by atoms with Gasteiger partial charge in [0.2, 0.25) is 0 Å². The number of nitrogens with zero attached hydrogens (tertiary/aromatic N) is 2. The van der Waals surface area contributed by atoms with Crippen LogP contribution in [0.4, 0.5) is 0 Å². The SMILES string of the molecule is CCOC(=O)C1=C(C)N=c2s/c(=C\c3cccc(O)c3)c(=O)n2[C@H]1c1cccs1. The molecular formula is C21H18N2O4S2. The molecule has 2 aromatic heterocycles. The number of carbonyl (C=O) groups is 1. The Hall–Kier alpha value is -2.97. The van der Waals surface area contributed by atoms with Crippen LogP contribution in [0, 0.1) is 0 Å². The summed E-state index contributed by atoms with van der Waals surface area (Å²) >= 11 is 2.74. The lowest BCUT2D eigenvalue weighted by Crippen LogP contribution is -2.39. The molecule has 0 aliphatic carbocycles. The highest BCUT2D eigenvalue weighted by atomic mass is 32.1. The Morgan fingerprint density at radius 3 is 2.86 bits per heavy atom. The number of aromatic nitrogens is 1. The van der Waals surface area contributed by atoms with Crippen LogP contribution < -0.4 is 14.9 Å². The third kappa shape index (κ3) is 3.56. The van der Waals surface area contributed by atoms with Gasteiger partial charge in [0, 0.05) is 4.88 Å². The van der Waals surface area contributed by atoms with E-state index in [1.807, 2.05) is 23.6 Å². The van der Waals surface area contributed by atoms with E-state index < -0.39 is 12.0 Å². The third-order valence-corrected chi connectivity index (χ3v) is 6.41. The smallest absolute Gasteiger partial charge is 0.338 e. The third-order valence-electron chi connectivity index (χ3n) is 4.50. The van der Waals surface area contributed by atoms with Crippen LogP contribution in [0.2, 0.25) is 0 Å². The van der Waals surface area contributed by atoms with Crippen LogP contribution in [0.25, 0.3) is 6.08 Å². The van der Waals surface area contributed by atoms with Gasteiger partial charge in [-0.05, 0) is 49.1 Å². The molecule has 1 aliphatic rings. The van der Waals surface area contributed by atoms with Crippen molar-refractivity contribution in [1.29, 1.82) is 0 Å². The van der Waals surface area contributed by atoms with Crippen molar-refractivity contribution in [3.8, 4) is 5.75 Å². The number of fused-ring (bicyclic) bond motifs is 1. The number of esters is 1. The van der Waals surface area contributed by atoms with Gasteiger partial charge in [0.25, 0.3) is 5.56 Å². The summed E-state index contributed by atoms with van der Waals surface area (Å²) in [5.74, 6) is -0.335. The highest BCUT2D eigenvalue weighted by Gasteiger charge is 2.33. The van der Waals surface area contributed by atoms with Crippen molar-refractivity contribution in [2.75, 3.05) is 6.61 Å². The molecule has 1 aromatic carbocycles. The maximum atomic E-state index is 13.3. The minimum Gasteiger partial charge on any atom is -0.508 e. The van der Waals surface area contributed by atoms with Gasteiger partial charge in [0.15, 0.2) is 4.80 Å². The first-order chi connectivity index (χ1) is 14.0. The van der Waals surface area contributed by atoms with Gasteiger partial charge in [0.05, 0.1) is 22.4 Å². The first-order valence-electron chi connectivity index (χ1n) is 9.01.